The number of benzene rings is 2. The van der Waals surface area contributed by atoms with E-state index in [4.69, 9.17) is 4.74 Å². The maximum atomic E-state index is 12.9. The average Bonchev–Trinajstić information content (AvgIpc) is 2.95. The monoisotopic (exact) mass is 318 g/mol. The first-order valence-corrected chi connectivity index (χ1v) is 8.32. The minimum atomic E-state index is -0.217. The zero-order valence-electron chi connectivity index (χ0n) is 12.9. The van der Waals surface area contributed by atoms with Gasteiger partial charge in [0.25, 0.3) is 0 Å². The van der Waals surface area contributed by atoms with Crippen molar-refractivity contribution in [2.75, 3.05) is 5.75 Å². The maximum absolute atomic E-state index is 12.9. The zero-order valence-corrected chi connectivity index (χ0v) is 13.8. The molecule has 1 heterocycles. The van der Waals surface area contributed by atoms with Gasteiger partial charge in [0.05, 0.1) is 0 Å². The van der Waals surface area contributed by atoms with Gasteiger partial charge in [-0.15, -0.1) is 11.8 Å². The van der Waals surface area contributed by atoms with Crippen LogP contribution in [0.15, 0.2) is 29.2 Å². The van der Waals surface area contributed by atoms with Gasteiger partial charge >= 0.3 is 0 Å². The van der Waals surface area contributed by atoms with Gasteiger partial charge in [-0.05, 0) is 61.7 Å². The molecule has 0 aliphatic carbocycles. The van der Waals surface area contributed by atoms with Crippen LogP contribution in [0.25, 0.3) is 0 Å². The molecule has 0 fully saturated rings. The van der Waals surface area contributed by atoms with Crippen LogP contribution in [-0.4, -0.2) is 17.0 Å². The van der Waals surface area contributed by atoms with E-state index >= 15 is 0 Å². The predicted molar refractivity (Wildman–Crippen MR) is 87.6 cm³/mol. The Hall–Kier alpha value is -1.68. The zero-order chi connectivity index (χ0) is 15.9. The van der Waals surface area contributed by atoms with Gasteiger partial charge in [-0.25, -0.2) is 4.39 Å². The molecule has 116 valence electrons. The Morgan fingerprint density at radius 3 is 2.50 bits per heavy atom. The standard InChI is InChI=1S/C18H19FO2S/c1-10-11(2)18-16(12(3)17(10)20)8-14(21-18)9-22-15-6-4-13(19)5-7-15/h4-7,14,20H,8-9H2,1-3H3. The molecular formula is C18H19FO2S. The second kappa shape index (κ2) is 5.84. The highest BCUT2D eigenvalue weighted by Gasteiger charge is 2.29. The molecule has 3 rings (SSSR count). The van der Waals surface area contributed by atoms with E-state index in [0.717, 1.165) is 45.1 Å². The number of hydrogen-bond acceptors (Lipinski definition) is 3. The molecule has 1 aliphatic rings. The van der Waals surface area contributed by atoms with Crippen LogP contribution in [0.4, 0.5) is 4.39 Å². The lowest BCUT2D eigenvalue weighted by Crippen LogP contribution is -2.16. The second-order valence-corrected chi connectivity index (χ2v) is 6.83. The second-order valence-electron chi connectivity index (χ2n) is 5.74. The molecule has 0 spiro atoms. The van der Waals surface area contributed by atoms with Crippen molar-refractivity contribution in [3.8, 4) is 11.5 Å². The number of halogens is 1. The van der Waals surface area contributed by atoms with Crippen LogP contribution >= 0.6 is 11.8 Å². The fraction of sp³-hybridized carbons (Fsp3) is 0.333. The smallest absolute Gasteiger partial charge is 0.126 e. The van der Waals surface area contributed by atoms with Crippen LogP contribution in [0.3, 0.4) is 0 Å². The Bertz CT molecular complexity index is 673. The maximum Gasteiger partial charge on any atom is 0.126 e. The normalized spacial score (nSPS) is 16.5. The molecule has 1 N–H and O–H groups in total. The van der Waals surface area contributed by atoms with Gasteiger partial charge in [0.15, 0.2) is 0 Å². The molecule has 0 radical (unpaired) electrons. The summed E-state index contributed by atoms with van der Waals surface area (Å²) in [5.41, 5.74) is 3.95. The molecule has 2 nitrogen and oxygen atoms in total. The van der Waals surface area contributed by atoms with Gasteiger partial charge in [-0.3, -0.25) is 0 Å². The summed E-state index contributed by atoms with van der Waals surface area (Å²) in [6.07, 6.45) is 0.896. The summed E-state index contributed by atoms with van der Waals surface area (Å²) in [5.74, 6) is 1.90. The van der Waals surface area contributed by atoms with Gasteiger partial charge in [-0.2, -0.15) is 0 Å². The van der Waals surface area contributed by atoms with Crippen LogP contribution in [0.5, 0.6) is 11.5 Å². The van der Waals surface area contributed by atoms with E-state index in [1.165, 1.54) is 12.1 Å². The number of ether oxygens (including phenoxy) is 1. The minimum absolute atomic E-state index is 0.0867. The van der Waals surface area contributed by atoms with Crippen molar-refractivity contribution in [3.63, 3.8) is 0 Å². The summed E-state index contributed by atoms with van der Waals surface area (Å²) in [7, 11) is 0. The van der Waals surface area contributed by atoms with Crippen LogP contribution in [-0.2, 0) is 6.42 Å². The highest BCUT2D eigenvalue weighted by atomic mass is 32.2. The van der Waals surface area contributed by atoms with Gasteiger partial charge in [0.1, 0.15) is 23.4 Å². The van der Waals surface area contributed by atoms with Crippen LogP contribution < -0.4 is 4.74 Å². The van der Waals surface area contributed by atoms with E-state index in [9.17, 15) is 9.50 Å². The van der Waals surface area contributed by atoms with E-state index in [-0.39, 0.29) is 11.9 Å². The summed E-state index contributed by atoms with van der Waals surface area (Å²) in [6.45, 7) is 5.85. The Balaban J connectivity index is 1.73. The van der Waals surface area contributed by atoms with Gasteiger partial charge in [-0.1, -0.05) is 0 Å². The third kappa shape index (κ3) is 2.68. The molecule has 4 heteroatoms. The highest BCUT2D eigenvalue weighted by Crippen LogP contribution is 2.42. The van der Waals surface area contributed by atoms with E-state index < -0.39 is 0 Å². The molecule has 1 atom stereocenters. The molecule has 0 aromatic heterocycles. The molecular weight excluding hydrogens is 299 g/mol. The number of phenols is 1. The number of aromatic hydroxyl groups is 1. The van der Waals surface area contributed by atoms with Crippen molar-refractivity contribution in [2.45, 2.75) is 38.2 Å². The Kier molecular flexibility index (Phi) is 4.04. The number of hydrogen-bond donors (Lipinski definition) is 1. The number of phenolic OH excluding ortho intramolecular Hbond substituents is 1. The lowest BCUT2D eigenvalue weighted by molar-refractivity contribution is 0.257. The molecule has 2 aromatic carbocycles. The lowest BCUT2D eigenvalue weighted by atomic mass is 9.96. The van der Waals surface area contributed by atoms with Gasteiger partial charge in [0.2, 0.25) is 0 Å². The van der Waals surface area contributed by atoms with Crippen molar-refractivity contribution in [1.29, 1.82) is 0 Å². The quantitative estimate of drug-likeness (QED) is 0.842. The minimum Gasteiger partial charge on any atom is -0.507 e. The van der Waals surface area contributed by atoms with Crippen LogP contribution in [0.2, 0.25) is 0 Å². The summed E-state index contributed by atoms with van der Waals surface area (Å²) in [5, 5.41) is 10.2. The van der Waals surface area contributed by atoms with Gasteiger partial charge in [0, 0.05) is 22.6 Å². The molecule has 2 aromatic rings. The SMILES string of the molecule is Cc1c(C)c2c(c(C)c1O)CC(CSc1ccc(F)cc1)O2. The van der Waals surface area contributed by atoms with E-state index in [1.807, 2.05) is 20.8 Å². The Morgan fingerprint density at radius 2 is 1.82 bits per heavy atom. The number of thioether (sulfide) groups is 1. The molecule has 0 saturated carbocycles. The lowest BCUT2D eigenvalue weighted by Gasteiger charge is -2.13. The highest BCUT2D eigenvalue weighted by molar-refractivity contribution is 7.99. The van der Waals surface area contributed by atoms with Crippen molar-refractivity contribution in [3.05, 3.63) is 52.3 Å². The molecule has 0 amide bonds. The third-order valence-corrected chi connectivity index (χ3v) is 5.45. The average molecular weight is 318 g/mol. The molecule has 22 heavy (non-hydrogen) atoms. The number of fused-ring (bicyclic) bond motifs is 1. The molecule has 1 unspecified atom stereocenters. The summed E-state index contributed by atoms with van der Waals surface area (Å²) >= 11 is 1.66. The fourth-order valence-electron chi connectivity index (χ4n) is 2.82. The Labute approximate surface area is 134 Å². The molecule has 0 bridgehead atoms. The van der Waals surface area contributed by atoms with Crippen LogP contribution in [0, 0.1) is 26.6 Å². The molecule has 0 saturated heterocycles. The van der Waals surface area contributed by atoms with Crippen molar-refractivity contribution >= 4 is 11.8 Å². The van der Waals surface area contributed by atoms with Crippen LogP contribution in [0.1, 0.15) is 22.3 Å². The predicted octanol–water partition coefficient (Wildman–Crippen LogP) is 4.55. The topological polar surface area (TPSA) is 29.5 Å². The first kappa shape index (κ1) is 15.2. The van der Waals surface area contributed by atoms with Crippen molar-refractivity contribution < 1.29 is 14.2 Å². The van der Waals surface area contributed by atoms with E-state index in [2.05, 4.69) is 0 Å². The largest absolute Gasteiger partial charge is 0.507 e. The summed E-state index contributed by atoms with van der Waals surface area (Å²) in [4.78, 5) is 1.04. The first-order chi connectivity index (χ1) is 10.5. The third-order valence-electron chi connectivity index (χ3n) is 4.31. The Morgan fingerprint density at radius 1 is 1.14 bits per heavy atom. The fourth-order valence-corrected chi connectivity index (χ4v) is 3.72. The summed E-state index contributed by atoms with van der Waals surface area (Å²) in [6, 6.07) is 6.52. The van der Waals surface area contributed by atoms with Gasteiger partial charge < -0.3 is 9.84 Å². The summed E-state index contributed by atoms with van der Waals surface area (Å²) < 4.78 is 19.0. The van der Waals surface area contributed by atoms with Crippen molar-refractivity contribution in [2.24, 2.45) is 0 Å². The molecule has 1 aliphatic heterocycles. The van der Waals surface area contributed by atoms with E-state index in [1.54, 1.807) is 23.9 Å². The number of rotatable bonds is 3. The first-order valence-electron chi connectivity index (χ1n) is 7.34. The van der Waals surface area contributed by atoms with E-state index in [0.29, 0.717) is 5.75 Å². The van der Waals surface area contributed by atoms with Crippen molar-refractivity contribution in [1.82, 2.24) is 0 Å².